The van der Waals surface area contributed by atoms with Gasteiger partial charge >= 0.3 is 5.97 Å². The van der Waals surface area contributed by atoms with Crippen LogP contribution in [0.1, 0.15) is 24.0 Å². The van der Waals surface area contributed by atoms with Crippen LogP contribution in [0.5, 0.6) is 0 Å². The number of nitrogens with two attached hydrogens (primary N) is 1. The first-order chi connectivity index (χ1) is 19.7. The summed E-state index contributed by atoms with van der Waals surface area (Å²) in [6, 6.07) is 20.4. The van der Waals surface area contributed by atoms with Crippen molar-refractivity contribution >= 4 is 81.2 Å². The quantitative estimate of drug-likeness (QED) is 0.294. The van der Waals surface area contributed by atoms with E-state index in [-0.39, 0.29) is 32.8 Å². The van der Waals surface area contributed by atoms with Crippen molar-refractivity contribution in [2.75, 3.05) is 11.9 Å². The second kappa shape index (κ2) is 12.0. The SMILES string of the molecule is CCOC(=O)C1=C(N)n2c(s/c(=C\c3ccccc3Cl)c2=O)=C(C(=O)Nc2ccc(Cl)cc2)C1c1ccccc1Cl. The Morgan fingerprint density at radius 1 is 0.976 bits per heavy atom. The fourth-order valence-corrected chi connectivity index (χ4v) is 6.29. The van der Waals surface area contributed by atoms with Gasteiger partial charge in [-0.05, 0) is 60.5 Å². The van der Waals surface area contributed by atoms with Gasteiger partial charge in [-0.2, -0.15) is 0 Å². The summed E-state index contributed by atoms with van der Waals surface area (Å²) >= 11 is 20.1. The number of carbonyl (C=O) groups is 2. The van der Waals surface area contributed by atoms with Crippen LogP contribution >= 0.6 is 46.1 Å². The minimum absolute atomic E-state index is 0.0497. The molecular formula is C30H22Cl3N3O4S. The van der Waals surface area contributed by atoms with E-state index >= 15 is 0 Å². The predicted octanol–water partition coefficient (Wildman–Crippen LogP) is 4.98. The highest BCUT2D eigenvalue weighted by molar-refractivity contribution is 7.07. The molecule has 1 aliphatic rings. The molecular weight excluding hydrogens is 605 g/mol. The highest BCUT2D eigenvalue weighted by atomic mass is 35.5. The van der Waals surface area contributed by atoms with Crippen molar-refractivity contribution in [1.29, 1.82) is 0 Å². The zero-order chi connectivity index (χ0) is 29.3. The monoisotopic (exact) mass is 625 g/mol. The number of nitrogens with one attached hydrogen (secondary N) is 1. The summed E-state index contributed by atoms with van der Waals surface area (Å²) < 4.78 is 7.04. The molecule has 0 spiro atoms. The van der Waals surface area contributed by atoms with Crippen molar-refractivity contribution < 1.29 is 14.3 Å². The summed E-state index contributed by atoms with van der Waals surface area (Å²) in [6.45, 7) is 1.70. The molecule has 1 atom stereocenters. The standard InChI is InChI=1S/C30H22Cl3N3O4S/c1-2-40-30(39)24-23(19-8-4-6-10-21(19)33)25(27(37)35-18-13-11-17(31)12-14-18)29-36(26(24)34)28(38)22(41-29)15-16-7-3-5-9-20(16)32/h3-15,23H,2,34H2,1H3,(H,35,37)/b22-15-. The van der Waals surface area contributed by atoms with E-state index < -0.39 is 23.4 Å². The fourth-order valence-electron chi connectivity index (χ4n) is 4.56. The van der Waals surface area contributed by atoms with Crippen LogP contribution in [0.4, 0.5) is 5.69 Å². The zero-order valence-corrected chi connectivity index (χ0v) is 24.6. The maximum absolute atomic E-state index is 14.1. The second-order valence-corrected chi connectivity index (χ2v) is 11.2. The number of ether oxygens (including phenoxy) is 1. The van der Waals surface area contributed by atoms with Crippen molar-refractivity contribution in [3.8, 4) is 0 Å². The summed E-state index contributed by atoms with van der Waals surface area (Å²) in [4.78, 5) is 41.3. The summed E-state index contributed by atoms with van der Waals surface area (Å²) in [5.74, 6) is -2.52. The largest absolute Gasteiger partial charge is 0.463 e. The number of fused-ring (bicyclic) bond motifs is 1. The van der Waals surface area contributed by atoms with E-state index in [1.165, 1.54) is 4.57 Å². The molecule has 0 bridgehead atoms. The van der Waals surface area contributed by atoms with E-state index in [1.54, 1.807) is 85.8 Å². The summed E-state index contributed by atoms with van der Waals surface area (Å²) in [5, 5.41) is 4.10. The maximum Gasteiger partial charge on any atom is 0.338 e. The molecule has 0 aliphatic carbocycles. The van der Waals surface area contributed by atoms with E-state index in [4.69, 9.17) is 45.3 Å². The summed E-state index contributed by atoms with van der Waals surface area (Å²) in [6.07, 6.45) is 1.62. The van der Waals surface area contributed by atoms with Gasteiger partial charge < -0.3 is 15.8 Å². The number of nitrogens with zero attached hydrogens (tertiary/aromatic N) is 1. The first-order valence-electron chi connectivity index (χ1n) is 12.4. The normalized spacial score (nSPS) is 15.1. The van der Waals surface area contributed by atoms with Gasteiger partial charge in [-0.25, -0.2) is 4.79 Å². The molecule has 1 aromatic heterocycles. The molecule has 208 valence electrons. The predicted molar refractivity (Wildman–Crippen MR) is 165 cm³/mol. The van der Waals surface area contributed by atoms with Crippen LogP contribution in [0.3, 0.4) is 0 Å². The van der Waals surface area contributed by atoms with E-state index in [0.29, 0.717) is 31.9 Å². The number of thiazole rings is 1. The molecule has 3 aromatic carbocycles. The van der Waals surface area contributed by atoms with Gasteiger partial charge in [0.25, 0.3) is 11.5 Å². The van der Waals surface area contributed by atoms with Crippen molar-refractivity contribution in [3.05, 3.63) is 124 Å². The Labute approximate surface area is 253 Å². The Morgan fingerprint density at radius 2 is 1.63 bits per heavy atom. The highest BCUT2D eigenvalue weighted by Gasteiger charge is 2.40. The van der Waals surface area contributed by atoms with Crippen LogP contribution in [0.2, 0.25) is 15.1 Å². The number of benzene rings is 3. The van der Waals surface area contributed by atoms with Crippen LogP contribution in [0.15, 0.2) is 83.2 Å². The molecule has 7 nitrogen and oxygen atoms in total. The van der Waals surface area contributed by atoms with Gasteiger partial charge in [-0.1, -0.05) is 71.2 Å². The Hall–Kier alpha value is -3.82. The number of esters is 1. The molecule has 3 N–H and O–H groups in total. The van der Waals surface area contributed by atoms with Gasteiger partial charge in [0.05, 0.1) is 28.2 Å². The van der Waals surface area contributed by atoms with Crippen LogP contribution in [0.25, 0.3) is 17.5 Å². The Balaban J connectivity index is 1.86. The fraction of sp³-hybridized carbons (Fsp3) is 0.100. The Bertz CT molecular complexity index is 1890. The second-order valence-electron chi connectivity index (χ2n) is 8.93. The van der Waals surface area contributed by atoms with E-state index in [1.807, 2.05) is 0 Å². The third-order valence-electron chi connectivity index (χ3n) is 6.40. The third kappa shape index (κ3) is 5.56. The molecule has 5 rings (SSSR count). The maximum atomic E-state index is 14.1. The lowest BCUT2D eigenvalue weighted by Crippen LogP contribution is -2.42. The average Bonchev–Trinajstić information content (AvgIpc) is 3.27. The van der Waals surface area contributed by atoms with E-state index in [0.717, 1.165) is 11.3 Å². The van der Waals surface area contributed by atoms with E-state index in [2.05, 4.69) is 5.32 Å². The molecule has 0 saturated heterocycles. The third-order valence-corrected chi connectivity index (χ3v) is 8.45. The van der Waals surface area contributed by atoms with Crippen LogP contribution < -0.4 is 25.8 Å². The molecule has 0 saturated carbocycles. The molecule has 2 heterocycles. The van der Waals surface area contributed by atoms with E-state index in [9.17, 15) is 14.4 Å². The lowest BCUT2D eigenvalue weighted by molar-refractivity contribution is -0.138. The minimum atomic E-state index is -1.04. The van der Waals surface area contributed by atoms with Gasteiger partial charge in [0.1, 0.15) is 10.5 Å². The van der Waals surface area contributed by atoms with Crippen molar-refractivity contribution in [2.24, 2.45) is 5.73 Å². The molecule has 1 amide bonds. The van der Waals surface area contributed by atoms with Crippen molar-refractivity contribution in [3.63, 3.8) is 0 Å². The topological polar surface area (TPSA) is 103 Å². The molecule has 1 aliphatic heterocycles. The smallest absolute Gasteiger partial charge is 0.338 e. The lowest BCUT2D eigenvalue weighted by atomic mass is 9.82. The molecule has 4 aromatic rings. The zero-order valence-electron chi connectivity index (χ0n) is 21.5. The molecule has 41 heavy (non-hydrogen) atoms. The van der Waals surface area contributed by atoms with Crippen molar-refractivity contribution in [2.45, 2.75) is 12.8 Å². The van der Waals surface area contributed by atoms with Gasteiger partial charge in [-0.3, -0.25) is 14.2 Å². The van der Waals surface area contributed by atoms with Gasteiger partial charge in [0.15, 0.2) is 0 Å². The summed E-state index contributed by atoms with van der Waals surface area (Å²) in [7, 11) is 0. The van der Waals surface area contributed by atoms with Gasteiger partial charge in [0, 0.05) is 20.8 Å². The highest BCUT2D eigenvalue weighted by Crippen LogP contribution is 2.40. The summed E-state index contributed by atoms with van der Waals surface area (Å²) in [5.41, 5.74) is 7.60. The number of aromatic nitrogens is 1. The lowest BCUT2D eigenvalue weighted by Gasteiger charge is -2.28. The number of anilines is 1. The average molecular weight is 627 g/mol. The molecule has 0 fully saturated rings. The first-order valence-corrected chi connectivity index (χ1v) is 14.4. The van der Waals surface area contributed by atoms with Crippen LogP contribution in [-0.2, 0) is 14.3 Å². The molecule has 1 unspecified atom stereocenters. The van der Waals surface area contributed by atoms with Crippen LogP contribution in [-0.4, -0.2) is 23.1 Å². The van der Waals surface area contributed by atoms with Gasteiger partial charge in [-0.15, -0.1) is 11.3 Å². The number of amides is 1. The molecule has 11 heteroatoms. The van der Waals surface area contributed by atoms with Crippen molar-refractivity contribution in [1.82, 2.24) is 4.57 Å². The number of halogens is 3. The number of rotatable bonds is 6. The Kier molecular flexibility index (Phi) is 8.37. The van der Waals surface area contributed by atoms with Gasteiger partial charge in [0.2, 0.25) is 0 Å². The number of hydrogen-bond donors (Lipinski definition) is 2. The first kappa shape index (κ1) is 28.7. The number of carbonyl (C=O) groups excluding carboxylic acids is 2. The Morgan fingerprint density at radius 3 is 2.29 bits per heavy atom. The number of hydrogen-bond acceptors (Lipinski definition) is 6. The molecule has 0 radical (unpaired) electrons. The minimum Gasteiger partial charge on any atom is -0.463 e. The van der Waals surface area contributed by atoms with Crippen LogP contribution in [0, 0.1) is 0 Å².